The largest absolute Gasteiger partial charge is 0.386 e. The molecule has 1 aromatic rings. The molecule has 0 aliphatic carbocycles. The van der Waals surface area contributed by atoms with Gasteiger partial charge < -0.3 is 9.84 Å². The van der Waals surface area contributed by atoms with Gasteiger partial charge in [-0.15, -0.1) is 5.10 Å². The van der Waals surface area contributed by atoms with E-state index in [0.717, 1.165) is 31.7 Å². The third-order valence-corrected chi connectivity index (χ3v) is 3.38. The smallest absolute Gasteiger partial charge is 0.154 e. The molecule has 0 aromatic carbocycles. The molecule has 1 aromatic heterocycles. The zero-order chi connectivity index (χ0) is 10.8. The van der Waals surface area contributed by atoms with Crippen LogP contribution in [0, 0.1) is 5.92 Å². The number of nitrogens with zero attached hydrogens (tertiary/aromatic N) is 3. The molecular weight excluding hydrogens is 262 g/mol. The van der Waals surface area contributed by atoms with Crippen LogP contribution < -0.4 is 0 Å². The second-order valence-corrected chi connectivity index (χ2v) is 4.53. The van der Waals surface area contributed by atoms with Crippen LogP contribution in [0.15, 0.2) is 4.60 Å². The Balaban J connectivity index is 2.15. The number of aliphatic hydroxyl groups is 1. The van der Waals surface area contributed by atoms with E-state index in [-0.39, 0.29) is 5.92 Å². The predicted molar refractivity (Wildman–Crippen MR) is 57.2 cm³/mol. The van der Waals surface area contributed by atoms with Crippen LogP contribution in [0.2, 0.25) is 0 Å². The topological polar surface area (TPSA) is 60.2 Å². The van der Waals surface area contributed by atoms with Crippen LogP contribution in [0.3, 0.4) is 0 Å². The fourth-order valence-electron chi connectivity index (χ4n) is 1.91. The molecule has 15 heavy (non-hydrogen) atoms. The van der Waals surface area contributed by atoms with Gasteiger partial charge in [0.2, 0.25) is 0 Å². The summed E-state index contributed by atoms with van der Waals surface area (Å²) in [5.41, 5.74) is 0.752. The standard InChI is InChI=1S/C9H14BrN3O2/c1-13-7(9(10)11-12-13)8(14)6-2-4-15-5-3-6/h6,8,14H,2-5H2,1H3. The lowest BCUT2D eigenvalue weighted by Crippen LogP contribution is -2.23. The lowest BCUT2D eigenvalue weighted by atomic mass is 9.92. The number of aliphatic hydroxyl groups excluding tert-OH is 1. The van der Waals surface area contributed by atoms with E-state index in [0.29, 0.717) is 4.60 Å². The van der Waals surface area contributed by atoms with E-state index in [1.165, 1.54) is 0 Å². The molecule has 1 atom stereocenters. The SMILES string of the molecule is Cn1nnc(Br)c1C(O)C1CCOCC1. The Morgan fingerprint density at radius 1 is 1.53 bits per heavy atom. The second kappa shape index (κ2) is 4.59. The molecule has 84 valence electrons. The summed E-state index contributed by atoms with van der Waals surface area (Å²) in [5, 5.41) is 17.9. The highest BCUT2D eigenvalue weighted by Gasteiger charge is 2.28. The first kappa shape index (κ1) is 11.0. The third-order valence-electron chi connectivity index (χ3n) is 2.82. The van der Waals surface area contributed by atoms with E-state index in [1.54, 1.807) is 11.7 Å². The molecule has 2 heterocycles. The average Bonchev–Trinajstić information content (AvgIpc) is 2.59. The molecule has 0 radical (unpaired) electrons. The fraction of sp³-hybridized carbons (Fsp3) is 0.778. The molecule has 0 amide bonds. The molecule has 1 fully saturated rings. The van der Waals surface area contributed by atoms with Crippen LogP contribution in [0.5, 0.6) is 0 Å². The molecule has 6 heteroatoms. The Morgan fingerprint density at radius 2 is 2.20 bits per heavy atom. The van der Waals surface area contributed by atoms with E-state index in [1.807, 2.05) is 0 Å². The van der Waals surface area contributed by atoms with Gasteiger partial charge in [0.15, 0.2) is 4.60 Å². The first-order chi connectivity index (χ1) is 7.20. The molecule has 1 aliphatic heterocycles. The van der Waals surface area contributed by atoms with Crippen molar-refractivity contribution < 1.29 is 9.84 Å². The van der Waals surface area contributed by atoms with Crippen molar-refractivity contribution in [3.63, 3.8) is 0 Å². The zero-order valence-electron chi connectivity index (χ0n) is 8.56. The third kappa shape index (κ3) is 2.21. The Hall–Kier alpha value is -0.460. The van der Waals surface area contributed by atoms with Gasteiger partial charge in [0.1, 0.15) is 11.8 Å². The lowest BCUT2D eigenvalue weighted by molar-refractivity contribution is 0.00389. The van der Waals surface area contributed by atoms with Crippen molar-refractivity contribution in [2.75, 3.05) is 13.2 Å². The summed E-state index contributed by atoms with van der Waals surface area (Å²) in [4.78, 5) is 0. The number of hydrogen-bond acceptors (Lipinski definition) is 4. The van der Waals surface area contributed by atoms with Crippen molar-refractivity contribution in [3.05, 3.63) is 10.3 Å². The monoisotopic (exact) mass is 275 g/mol. The van der Waals surface area contributed by atoms with Gasteiger partial charge in [0.25, 0.3) is 0 Å². The van der Waals surface area contributed by atoms with Crippen LogP contribution in [-0.2, 0) is 11.8 Å². The maximum atomic E-state index is 10.2. The van der Waals surface area contributed by atoms with Gasteiger partial charge in [0, 0.05) is 20.3 Å². The lowest BCUT2D eigenvalue weighted by Gasteiger charge is -2.26. The van der Waals surface area contributed by atoms with Gasteiger partial charge in [0.05, 0.1) is 0 Å². The molecule has 0 saturated carbocycles. The number of aryl methyl sites for hydroxylation is 1. The molecule has 2 rings (SSSR count). The summed E-state index contributed by atoms with van der Waals surface area (Å²) < 4.78 is 7.51. The van der Waals surface area contributed by atoms with E-state index in [4.69, 9.17) is 4.74 Å². The summed E-state index contributed by atoms with van der Waals surface area (Å²) in [7, 11) is 1.79. The molecule has 0 spiro atoms. The molecule has 5 nitrogen and oxygen atoms in total. The zero-order valence-corrected chi connectivity index (χ0v) is 10.1. The maximum Gasteiger partial charge on any atom is 0.154 e. The summed E-state index contributed by atoms with van der Waals surface area (Å²) >= 11 is 3.30. The van der Waals surface area contributed by atoms with Crippen molar-refractivity contribution in [2.45, 2.75) is 18.9 Å². The molecule has 1 aliphatic rings. The van der Waals surface area contributed by atoms with Gasteiger partial charge in [-0.25, -0.2) is 4.68 Å². The molecule has 1 saturated heterocycles. The Bertz CT molecular complexity index is 317. The molecular formula is C9H14BrN3O2. The maximum absolute atomic E-state index is 10.2. The fourth-order valence-corrected chi connectivity index (χ4v) is 2.47. The van der Waals surface area contributed by atoms with Crippen LogP contribution in [-0.4, -0.2) is 33.3 Å². The minimum atomic E-state index is -0.511. The Kier molecular flexibility index (Phi) is 3.38. The minimum absolute atomic E-state index is 0.243. The second-order valence-electron chi connectivity index (χ2n) is 3.78. The van der Waals surface area contributed by atoms with Crippen molar-refractivity contribution in [1.29, 1.82) is 0 Å². The van der Waals surface area contributed by atoms with Crippen LogP contribution >= 0.6 is 15.9 Å². The van der Waals surface area contributed by atoms with Gasteiger partial charge in [-0.2, -0.15) is 0 Å². The average molecular weight is 276 g/mol. The van der Waals surface area contributed by atoms with Crippen molar-refractivity contribution in [2.24, 2.45) is 13.0 Å². The number of ether oxygens (including phenoxy) is 1. The Labute approximate surface area is 96.6 Å². The summed E-state index contributed by atoms with van der Waals surface area (Å²) in [5.74, 6) is 0.243. The first-order valence-electron chi connectivity index (χ1n) is 5.01. The van der Waals surface area contributed by atoms with E-state index in [2.05, 4.69) is 26.2 Å². The highest BCUT2D eigenvalue weighted by atomic mass is 79.9. The highest BCUT2D eigenvalue weighted by molar-refractivity contribution is 9.10. The number of hydrogen-bond donors (Lipinski definition) is 1. The van der Waals surface area contributed by atoms with E-state index in [9.17, 15) is 5.11 Å². The van der Waals surface area contributed by atoms with Gasteiger partial charge in [-0.3, -0.25) is 0 Å². The number of halogens is 1. The molecule has 1 unspecified atom stereocenters. The van der Waals surface area contributed by atoms with Gasteiger partial charge >= 0.3 is 0 Å². The quantitative estimate of drug-likeness (QED) is 0.876. The van der Waals surface area contributed by atoms with Crippen molar-refractivity contribution >= 4 is 15.9 Å². The van der Waals surface area contributed by atoms with Crippen LogP contribution in [0.1, 0.15) is 24.6 Å². The van der Waals surface area contributed by atoms with E-state index < -0.39 is 6.10 Å². The van der Waals surface area contributed by atoms with Crippen molar-refractivity contribution in [3.8, 4) is 0 Å². The summed E-state index contributed by atoms with van der Waals surface area (Å²) in [6.45, 7) is 1.45. The molecule has 0 bridgehead atoms. The summed E-state index contributed by atoms with van der Waals surface area (Å²) in [6, 6.07) is 0. The summed E-state index contributed by atoms with van der Waals surface area (Å²) in [6.07, 6.45) is 1.26. The Morgan fingerprint density at radius 3 is 2.73 bits per heavy atom. The van der Waals surface area contributed by atoms with E-state index >= 15 is 0 Å². The van der Waals surface area contributed by atoms with Gasteiger partial charge in [-0.1, -0.05) is 5.21 Å². The van der Waals surface area contributed by atoms with Gasteiger partial charge in [-0.05, 0) is 34.7 Å². The van der Waals surface area contributed by atoms with Crippen LogP contribution in [0.25, 0.3) is 0 Å². The molecule has 1 N–H and O–H groups in total. The van der Waals surface area contributed by atoms with Crippen molar-refractivity contribution in [1.82, 2.24) is 15.0 Å². The predicted octanol–water partition coefficient (Wildman–Crippen LogP) is 1.04. The number of aromatic nitrogens is 3. The van der Waals surface area contributed by atoms with Crippen LogP contribution in [0.4, 0.5) is 0 Å². The normalized spacial score (nSPS) is 20.5. The highest BCUT2D eigenvalue weighted by Crippen LogP contribution is 2.32. The number of rotatable bonds is 2. The first-order valence-corrected chi connectivity index (χ1v) is 5.80. The minimum Gasteiger partial charge on any atom is -0.386 e.